The van der Waals surface area contributed by atoms with Crippen molar-refractivity contribution in [3.8, 4) is 6.07 Å². The third-order valence-electron chi connectivity index (χ3n) is 2.55. The molecule has 4 heteroatoms. The van der Waals surface area contributed by atoms with Gasteiger partial charge in [-0.15, -0.1) is 0 Å². The number of ether oxygens (including phenoxy) is 1. The molecule has 0 saturated heterocycles. The van der Waals surface area contributed by atoms with E-state index < -0.39 is 11.7 Å². The zero-order valence-corrected chi connectivity index (χ0v) is 11.7. The first-order valence-corrected chi connectivity index (χ1v) is 5.95. The fourth-order valence-corrected chi connectivity index (χ4v) is 1.69. The van der Waals surface area contributed by atoms with Gasteiger partial charge in [-0.3, -0.25) is 4.57 Å². The maximum atomic E-state index is 12.1. The fraction of sp³-hybridized carbons (Fsp3) is 0.571. The molecule has 4 nitrogen and oxygen atoms in total. The summed E-state index contributed by atoms with van der Waals surface area (Å²) in [6.07, 6.45) is 1.61. The molecule has 0 N–H and O–H groups in total. The van der Waals surface area contributed by atoms with E-state index in [-0.39, 0.29) is 5.41 Å². The summed E-state index contributed by atoms with van der Waals surface area (Å²) in [5, 5.41) is 8.84. The number of carbonyl (C=O) groups excluding carboxylic acids is 1. The largest absolute Gasteiger partial charge is 0.443 e. The van der Waals surface area contributed by atoms with Crippen molar-refractivity contribution < 1.29 is 9.53 Å². The highest BCUT2D eigenvalue weighted by atomic mass is 16.6. The summed E-state index contributed by atoms with van der Waals surface area (Å²) in [7, 11) is 0. The Labute approximate surface area is 108 Å². The minimum Gasteiger partial charge on any atom is -0.443 e. The van der Waals surface area contributed by atoms with Crippen LogP contribution in [0.2, 0.25) is 0 Å². The number of hydrogen-bond donors (Lipinski definition) is 0. The molecule has 0 spiro atoms. The van der Waals surface area contributed by atoms with Gasteiger partial charge < -0.3 is 4.74 Å². The smallest absolute Gasteiger partial charge is 0.418 e. The number of rotatable bonds is 2. The van der Waals surface area contributed by atoms with E-state index in [9.17, 15) is 4.79 Å². The molecular weight excluding hydrogens is 228 g/mol. The van der Waals surface area contributed by atoms with Crippen molar-refractivity contribution in [2.75, 3.05) is 0 Å². The van der Waals surface area contributed by atoms with Crippen molar-refractivity contribution in [1.29, 1.82) is 5.26 Å². The molecule has 0 bridgehead atoms. The van der Waals surface area contributed by atoms with Crippen molar-refractivity contribution in [3.05, 3.63) is 24.0 Å². The SMILES string of the molecule is CC(C)(C)OC(=O)n1cccc1C(C)(C)CC#N. The first-order chi connectivity index (χ1) is 8.17. The third kappa shape index (κ3) is 3.36. The van der Waals surface area contributed by atoms with E-state index in [1.165, 1.54) is 4.57 Å². The molecule has 0 radical (unpaired) electrons. The first-order valence-electron chi connectivity index (χ1n) is 5.95. The van der Waals surface area contributed by atoms with Crippen molar-refractivity contribution in [2.45, 2.75) is 52.1 Å². The number of carbonyl (C=O) groups is 1. The van der Waals surface area contributed by atoms with Crippen LogP contribution in [0.15, 0.2) is 18.3 Å². The first kappa shape index (κ1) is 14.3. The van der Waals surface area contributed by atoms with Gasteiger partial charge in [-0.2, -0.15) is 5.26 Å². The molecule has 0 fully saturated rings. The van der Waals surface area contributed by atoms with Crippen LogP contribution in [-0.4, -0.2) is 16.3 Å². The molecule has 0 unspecified atom stereocenters. The van der Waals surface area contributed by atoms with Crippen LogP contribution in [0.25, 0.3) is 0 Å². The zero-order chi connectivity index (χ0) is 14.0. The molecule has 0 atom stereocenters. The van der Waals surface area contributed by atoms with Crippen LogP contribution in [0.1, 0.15) is 46.7 Å². The Morgan fingerprint density at radius 3 is 2.50 bits per heavy atom. The molecule has 1 aromatic rings. The zero-order valence-electron chi connectivity index (χ0n) is 11.7. The summed E-state index contributed by atoms with van der Waals surface area (Å²) >= 11 is 0. The molecule has 0 aliphatic carbocycles. The van der Waals surface area contributed by atoms with E-state index in [4.69, 9.17) is 10.00 Å². The molecule has 98 valence electrons. The monoisotopic (exact) mass is 248 g/mol. The van der Waals surface area contributed by atoms with Crippen molar-refractivity contribution >= 4 is 6.09 Å². The van der Waals surface area contributed by atoms with Crippen molar-refractivity contribution in [2.24, 2.45) is 0 Å². The van der Waals surface area contributed by atoms with Crippen LogP contribution in [0.4, 0.5) is 4.79 Å². The Morgan fingerprint density at radius 2 is 2.00 bits per heavy atom. The van der Waals surface area contributed by atoms with Gasteiger partial charge >= 0.3 is 6.09 Å². The van der Waals surface area contributed by atoms with Crippen LogP contribution < -0.4 is 0 Å². The molecule has 1 heterocycles. The molecule has 1 rings (SSSR count). The lowest BCUT2D eigenvalue weighted by Gasteiger charge is -2.25. The Bertz CT molecular complexity index is 473. The van der Waals surface area contributed by atoms with Gasteiger partial charge in [0.05, 0.1) is 6.07 Å². The quantitative estimate of drug-likeness (QED) is 0.805. The summed E-state index contributed by atoms with van der Waals surface area (Å²) in [4.78, 5) is 12.1. The Balaban J connectivity index is 3.04. The predicted octanol–water partition coefficient (Wildman–Crippen LogP) is 3.46. The van der Waals surface area contributed by atoms with Crippen molar-refractivity contribution in [1.82, 2.24) is 4.57 Å². The van der Waals surface area contributed by atoms with E-state index in [0.717, 1.165) is 5.69 Å². The highest BCUT2D eigenvalue weighted by Crippen LogP contribution is 2.27. The summed E-state index contributed by atoms with van der Waals surface area (Å²) in [6, 6.07) is 5.78. The molecule has 18 heavy (non-hydrogen) atoms. The van der Waals surface area contributed by atoms with E-state index in [2.05, 4.69) is 6.07 Å². The standard InChI is InChI=1S/C14H20N2O2/c1-13(2,3)18-12(17)16-10-6-7-11(16)14(4,5)8-9-15/h6-7,10H,8H2,1-5H3. The maximum Gasteiger partial charge on any atom is 0.418 e. The van der Waals surface area contributed by atoms with Gasteiger partial charge in [-0.05, 0) is 32.9 Å². The highest BCUT2D eigenvalue weighted by Gasteiger charge is 2.27. The topological polar surface area (TPSA) is 55.0 Å². The van der Waals surface area contributed by atoms with Gasteiger partial charge in [-0.25, -0.2) is 4.79 Å². The molecule has 0 saturated carbocycles. The van der Waals surface area contributed by atoms with Crippen LogP contribution in [-0.2, 0) is 10.2 Å². The average Bonchev–Trinajstić information content (AvgIpc) is 2.63. The second-order valence-electron chi connectivity index (χ2n) is 5.96. The van der Waals surface area contributed by atoms with Crippen LogP contribution in [0.5, 0.6) is 0 Å². The van der Waals surface area contributed by atoms with Gasteiger partial charge in [0.1, 0.15) is 5.60 Å². The molecule has 1 aromatic heterocycles. The van der Waals surface area contributed by atoms with E-state index in [1.54, 1.807) is 12.3 Å². The van der Waals surface area contributed by atoms with Crippen LogP contribution in [0, 0.1) is 11.3 Å². The molecular formula is C14H20N2O2. The van der Waals surface area contributed by atoms with E-state index in [1.807, 2.05) is 40.7 Å². The molecule has 0 amide bonds. The number of nitriles is 1. The van der Waals surface area contributed by atoms with Gasteiger partial charge in [0.2, 0.25) is 0 Å². The van der Waals surface area contributed by atoms with Gasteiger partial charge in [0.15, 0.2) is 0 Å². The minimum absolute atomic E-state index is 0.347. The number of nitrogens with zero attached hydrogens (tertiary/aromatic N) is 2. The lowest BCUT2D eigenvalue weighted by atomic mass is 9.86. The predicted molar refractivity (Wildman–Crippen MR) is 69.3 cm³/mol. The number of aromatic nitrogens is 1. The Morgan fingerprint density at radius 1 is 1.39 bits per heavy atom. The maximum absolute atomic E-state index is 12.1. The fourth-order valence-electron chi connectivity index (χ4n) is 1.69. The Kier molecular flexibility index (Phi) is 3.85. The summed E-state index contributed by atoms with van der Waals surface area (Å²) in [5.74, 6) is 0. The summed E-state index contributed by atoms with van der Waals surface area (Å²) in [5.41, 5.74) is -0.119. The second-order valence-corrected chi connectivity index (χ2v) is 5.96. The average molecular weight is 248 g/mol. The van der Waals surface area contributed by atoms with Crippen LogP contribution in [0.3, 0.4) is 0 Å². The van der Waals surface area contributed by atoms with Gasteiger partial charge in [0, 0.05) is 23.7 Å². The summed E-state index contributed by atoms with van der Waals surface area (Å²) < 4.78 is 6.81. The van der Waals surface area contributed by atoms with E-state index >= 15 is 0 Å². The van der Waals surface area contributed by atoms with Crippen LogP contribution >= 0.6 is 0 Å². The van der Waals surface area contributed by atoms with Crippen molar-refractivity contribution in [3.63, 3.8) is 0 Å². The molecule has 0 aliphatic rings. The lowest BCUT2D eigenvalue weighted by Crippen LogP contribution is -2.30. The highest BCUT2D eigenvalue weighted by molar-refractivity contribution is 5.72. The third-order valence-corrected chi connectivity index (χ3v) is 2.55. The number of hydrogen-bond acceptors (Lipinski definition) is 3. The Hall–Kier alpha value is -1.76. The minimum atomic E-state index is -0.530. The van der Waals surface area contributed by atoms with Gasteiger partial charge in [-0.1, -0.05) is 13.8 Å². The molecule has 0 aliphatic heterocycles. The van der Waals surface area contributed by atoms with Gasteiger partial charge in [0.25, 0.3) is 0 Å². The molecule has 0 aromatic carbocycles. The van der Waals surface area contributed by atoms with E-state index in [0.29, 0.717) is 6.42 Å². The second kappa shape index (κ2) is 4.85. The lowest BCUT2D eigenvalue weighted by molar-refractivity contribution is 0.0527. The normalized spacial score (nSPS) is 12.0. The summed E-state index contributed by atoms with van der Waals surface area (Å²) in [6.45, 7) is 9.36.